The third-order valence-corrected chi connectivity index (χ3v) is 15.5. The summed E-state index contributed by atoms with van der Waals surface area (Å²) >= 11 is 3.77. The summed E-state index contributed by atoms with van der Waals surface area (Å²) in [4.78, 5) is 2.88. The molecule has 7 rings (SSSR count). The largest absolute Gasteiger partial charge is 0.496 e. The van der Waals surface area contributed by atoms with Crippen LogP contribution in [0.3, 0.4) is 0 Å². The average Bonchev–Trinajstić information content (AvgIpc) is 3.98. The predicted molar refractivity (Wildman–Crippen MR) is 277 cm³/mol. The van der Waals surface area contributed by atoms with E-state index in [2.05, 4.69) is 179 Å². The molecule has 4 nitrogen and oxygen atoms in total. The molecule has 0 unspecified atom stereocenters. The molecule has 2 heterocycles. The lowest BCUT2D eigenvalue weighted by Gasteiger charge is -2.31. The molecular formula is C59H74O4S2. The van der Waals surface area contributed by atoms with E-state index >= 15 is 0 Å². The number of hydrogen-bond donors (Lipinski definition) is 0. The van der Waals surface area contributed by atoms with E-state index in [1.165, 1.54) is 65.4 Å². The van der Waals surface area contributed by atoms with E-state index in [9.17, 15) is 0 Å². The van der Waals surface area contributed by atoms with Crippen molar-refractivity contribution in [2.45, 2.75) is 149 Å². The highest BCUT2D eigenvalue weighted by atomic mass is 32.1. The van der Waals surface area contributed by atoms with E-state index < -0.39 is 0 Å². The number of thiophene rings is 2. The maximum atomic E-state index is 6.84. The zero-order valence-electron chi connectivity index (χ0n) is 41.8. The highest BCUT2D eigenvalue weighted by molar-refractivity contribution is 7.21. The Morgan fingerprint density at radius 2 is 0.723 bits per heavy atom. The van der Waals surface area contributed by atoms with E-state index in [0.29, 0.717) is 13.2 Å². The standard InChI is InChI=1S/C59H74O4S2/c1-55(2,3)43-17-21-49(60-13)39(35-43)33-41-37-45(57(7,8)9)19-23-51(41)62-29-15-27-59(47-25-31-64-53(47)54-48(59)26-32-65-54)28-16-30-63-52-24-20-46(58(10,11)12)38-42(52)34-40-36-44(56(4,5)6)18-22-50(40)61-14/h17-26,31-32,35-38H,15-16,27-30,33-34H2,1-14H3. The molecule has 1 aliphatic rings. The minimum atomic E-state index is -0.0866. The van der Waals surface area contributed by atoms with Crippen molar-refractivity contribution in [1.29, 1.82) is 0 Å². The van der Waals surface area contributed by atoms with E-state index in [0.717, 1.165) is 61.5 Å². The highest BCUT2D eigenvalue weighted by Gasteiger charge is 2.44. The molecule has 346 valence electrons. The summed E-state index contributed by atoms with van der Waals surface area (Å²) in [6, 6.07) is 31.7. The van der Waals surface area contributed by atoms with Gasteiger partial charge in [0.1, 0.15) is 23.0 Å². The van der Waals surface area contributed by atoms with Crippen LogP contribution >= 0.6 is 22.7 Å². The normalized spacial score (nSPS) is 13.7. The van der Waals surface area contributed by atoms with Crippen LogP contribution in [0.1, 0.15) is 164 Å². The van der Waals surface area contributed by atoms with Gasteiger partial charge in [-0.1, -0.05) is 132 Å². The van der Waals surface area contributed by atoms with Gasteiger partial charge in [0, 0.05) is 28.0 Å². The number of rotatable bonds is 16. The van der Waals surface area contributed by atoms with Gasteiger partial charge in [-0.15, -0.1) is 22.7 Å². The van der Waals surface area contributed by atoms with Gasteiger partial charge in [-0.3, -0.25) is 0 Å². The Morgan fingerprint density at radius 1 is 0.415 bits per heavy atom. The van der Waals surface area contributed by atoms with Crippen LogP contribution in [0.5, 0.6) is 23.0 Å². The van der Waals surface area contributed by atoms with Crippen LogP contribution in [0.25, 0.3) is 9.75 Å². The third-order valence-electron chi connectivity index (χ3n) is 13.5. The van der Waals surface area contributed by atoms with Crippen LogP contribution in [-0.4, -0.2) is 27.4 Å². The zero-order valence-corrected chi connectivity index (χ0v) is 43.5. The molecule has 0 spiro atoms. The summed E-state index contributed by atoms with van der Waals surface area (Å²) < 4.78 is 25.5. The van der Waals surface area contributed by atoms with Gasteiger partial charge in [0.2, 0.25) is 0 Å². The molecule has 0 saturated carbocycles. The topological polar surface area (TPSA) is 36.9 Å². The van der Waals surface area contributed by atoms with Gasteiger partial charge in [-0.2, -0.15) is 0 Å². The SMILES string of the molecule is COc1ccc(C(C)(C)C)cc1Cc1cc(C(C)(C)C)ccc1OCCCC1(CCCOc2ccc(C(C)(C)C)cc2Cc2cc(C(C)(C)C)ccc2OC)c2ccsc2-c2sccc21. The molecule has 6 aromatic rings. The number of hydrogen-bond acceptors (Lipinski definition) is 6. The first-order chi connectivity index (χ1) is 30.6. The van der Waals surface area contributed by atoms with E-state index in [-0.39, 0.29) is 27.1 Å². The predicted octanol–water partition coefficient (Wildman–Crippen LogP) is 16.2. The molecule has 0 amide bonds. The van der Waals surface area contributed by atoms with Crippen molar-refractivity contribution < 1.29 is 18.9 Å². The van der Waals surface area contributed by atoms with Crippen LogP contribution in [0.2, 0.25) is 0 Å². The average molecular weight is 911 g/mol. The molecule has 0 saturated heterocycles. The number of ether oxygens (including phenoxy) is 4. The fraction of sp³-hybridized carbons (Fsp3) is 0.458. The molecule has 0 atom stereocenters. The molecule has 6 heteroatoms. The fourth-order valence-corrected chi connectivity index (χ4v) is 11.7. The van der Waals surface area contributed by atoms with E-state index in [1.807, 2.05) is 22.7 Å². The molecule has 65 heavy (non-hydrogen) atoms. The Balaban J connectivity index is 1.11. The van der Waals surface area contributed by atoms with Crippen LogP contribution < -0.4 is 18.9 Å². The first-order valence-corrected chi connectivity index (χ1v) is 25.4. The Hall–Kier alpha value is -4.52. The number of fused-ring (bicyclic) bond motifs is 3. The van der Waals surface area contributed by atoms with E-state index in [1.54, 1.807) is 14.2 Å². The van der Waals surface area contributed by atoms with Gasteiger partial charge in [0.25, 0.3) is 0 Å². The molecule has 1 aliphatic carbocycles. The van der Waals surface area contributed by atoms with Gasteiger partial charge in [0.05, 0.1) is 27.4 Å². The lowest BCUT2D eigenvalue weighted by atomic mass is 9.72. The Labute approximate surface area is 399 Å². The summed E-state index contributed by atoms with van der Waals surface area (Å²) in [6.45, 7) is 28.6. The van der Waals surface area contributed by atoms with Crippen LogP contribution in [0.15, 0.2) is 95.7 Å². The maximum absolute atomic E-state index is 6.84. The highest BCUT2D eigenvalue weighted by Crippen LogP contribution is 2.57. The lowest BCUT2D eigenvalue weighted by molar-refractivity contribution is 0.264. The summed E-state index contributed by atoms with van der Waals surface area (Å²) in [5, 5.41) is 4.57. The van der Waals surface area contributed by atoms with Crippen LogP contribution in [-0.2, 0) is 39.9 Å². The molecule has 0 radical (unpaired) electrons. The van der Waals surface area contributed by atoms with Crippen molar-refractivity contribution in [2.24, 2.45) is 0 Å². The van der Waals surface area contributed by atoms with Crippen molar-refractivity contribution in [3.63, 3.8) is 0 Å². The molecular weight excluding hydrogens is 837 g/mol. The fourth-order valence-electron chi connectivity index (χ4n) is 9.47. The van der Waals surface area contributed by atoms with Gasteiger partial charge in [-0.05, 0) is 150 Å². The minimum absolute atomic E-state index is 0.0166. The van der Waals surface area contributed by atoms with Crippen molar-refractivity contribution in [3.8, 4) is 32.8 Å². The van der Waals surface area contributed by atoms with E-state index in [4.69, 9.17) is 18.9 Å². The number of benzene rings is 4. The monoisotopic (exact) mass is 911 g/mol. The molecule has 4 aromatic carbocycles. The van der Waals surface area contributed by atoms with Crippen LogP contribution in [0.4, 0.5) is 0 Å². The second-order valence-corrected chi connectivity index (χ2v) is 24.2. The first kappa shape index (κ1) is 48.4. The van der Waals surface area contributed by atoms with Gasteiger partial charge < -0.3 is 18.9 Å². The van der Waals surface area contributed by atoms with Gasteiger partial charge in [0.15, 0.2) is 0 Å². The summed E-state index contributed by atoms with van der Waals surface area (Å²) in [6.07, 6.45) is 5.36. The summed E-state index contributed by atoms with van der Waals surface area (Å²) in [5.74, 6) is 3.75. The third kappa shape index (κ3) is 10.7. The Bertz CT molecular complexity index is 2400. The number of methoxy groups -OCH3 is 2. The van der Waals surface area contributed by atoms with Gasteiger partial charge >= 0.3 is 0 Å². The lowest BCUT2D eigenvalue weighted by Crippen LogP contribution is -2.26. The second-order valence-electron chi connectivity index (χ2n) is 22.4. The summed E-state index contributed by atoms with van der Waals surface area (Å²) in [7, 11) is 3.54. The Morgan fingerprint density at radius 3 is 1.03 bits per heavy atom. The molecule has 2 aromatic heterocycles. The Kier molecular flexibility index (Phi) is 14.1. The molecule has 0 fully saturated rings. The quantitative estimate of drug-likeness (QED) is 0.0907. The minimum Gasteiger partial charge on any atom is -0.496 e. The summed E-state index contributed by atoms with van der Waals surface area (Å²) in [5.41, 5.74) is 13.0. The maximum Gasteiger partial charge on any atom is 0.122 e. The van der Waals surface area contributed by atoms with Crippen molar-refractivity contribution in [3.05, 3.63) is 151 Å². The second kappa shape index (κ2) is 19.0. The molecule has 0 aliphatic heterocycles. The van der Waals surface area contributed by atoms with Gasteiger partial charge in [-0.25, -0.2) is 0 Å². The van der Waals surface area contributed by atoms with Crippen molar-refractivity contribution in [2.75, 3.05) is 27.4 Å². The molecule has 0 bridgehead atoms. The molecule has 0 N–H and O–H groups in total. The van der Waals surface area contributed by atoms with Crippen molar-refractivity contribution in [1.82, 2.24) is 0 Å². The first-order valence-electron chi connectivity index (χ1n) is 23.7. The zero-order chi connectivity index (χ0) is 47.0. The van der Waals surface area contributed by atoms with Crippen molar-refractivity contribution >= 4 is 22.7 Å². The smallest absolute Gasteiger partial charge is 0.122 e. The van der Waals surface area contributed by atoms with Crippen LogP contribution in [0, 0.1) is 0 Å².